The van der Waals surface area contributed by atoms with Gasteiger partial charge in [0.25, 0.3) is 10.1 Å². The Morgan fingerprint density at radius 2 is 1.41 bits per heavy atom. The van der Waals surface area contributed by atoms with Gasteiger partial charge in [-0.05, 0) is 109 Å². The number of hydrogen-bond donors (Lipinski definition) is 1. The van der Waals surface area contributed by atoms with Crippen LogP contribution in [-0.4, -0.2) is 60.1 Å². The molecule has 8 rings (SSSR count). The molecule has 2 aliphatic heterocycles. The van der Waals surface area contributed by atoms with Crippen LogP contribution >= 0.6 is 0 Å². The molecule has 0 unspecified atom stereocenters. The Morgan fingerprint density at radius 3 is 2.09 bits per heavy atom. The lowest BCUT2D eigenvalue weighted by atomic mass is 9.79. The van der Waals surface area contributed by atoms with Gasteiger partial charge in [-0.2, -0.15) is 13.0 Å². The molecule has 1 N–H and O–H groups in total. The Hall–Kier alpha value is -5.84. The summed E-state index contributed by atoms with van der Waals surface area (Å²) in [4.78, 5) is 18.3. The minimum Gasteiger partial charge on any atom is -0.444 e. The van der Waals surface area contributed by atoms with Crippen molar-refractivity contribution in [1.82, 2.24) is 4.90 Å². The van der Waals surface area contributed by atoms with Crippen LogP contribution < -0.4 is 9.47 Å². The molecule has 0 atom stereocenters. The van der Waals surface area contributed by atoms with Gasteiger partial charge in [0.2, 0.25) is 5.69 Å². The van der Waals surface area contributed by atoms with Gasteiger partial charge in [-0.3, -0.25) is 9.45 Å². The Balaban J connectivity index is 1.18. The quantitative estimate of drug-likeness (QED) is 0.0503. The molecule has 0 bridgehead atoms. The van der Waals surface area contributed by atoms with Gasteiger partial charge in [0.15, 0.2) is 18.1 Å². The zero-order valence-corrected chi connectivity index (χ0v) is 42.7. The first-order valence-electron chi connectivity index (χ1n) is 25.3. The average molecular weight is 949 g/mol. The van der Waals surface area contributed by atoms with Gasteiger partial charge in [-0.15, -0.1) is 0 Å². The summed E-state index contributed by atoms with van der Waals surface area (Å²) in [6, 6.07) is 30.1. The van der Waals surface area contributed by atoms with E-state index in [4.69, 9.17) is 4.74 Å². The number of unbranched alkanes of at least 4 members (excludes halogenated alkanes) is 5. The topological polar surface area (TPSA) is 94.0 Å². The SMILES string of the molecule is CCCCC[N+]1=C(/C=C/C2=C(N(C)C(=O)OCc3cc[n+](CCCCC)cc3)C(=C/C=C3/N(CCCCS(=O)(=O)O)c4ccc5ccccc5c4C3(C)C)/CC2)C(C)(C)c2c1ccc1ccccc21. The molecule has 1 aliphatic carbocycles. The van der Waals surface area contributed by atoms with Crippen LogP contribution in [0.5, 0.6) is 0 Å². The van der Waals surface area contributed by atoms with Gasteiger partial charge in [0, 0.05) is 78.6 Å². The van der Waals surface area contributed by atoms with E-state index in [0.717, 1.165) is 90.8 Å². The van der Waals surface area contributed by atoms with Crippen molar-refractivity contribution in [3.05, 3.63) is 161 Å². The maximum absolute atomic E-state index is 14.3. The highest BCUT2D eigenvalue weighted by Crippen LogP contribution is 2.51. The van der Waals surface area contributed by atoms with Gasteiger partial charge in [-0.25, -0.2) is 9.36 Å². The van der Waals surface area contributed by atoms with Crippen LogP contribution in [0.15, 0.2) is 144 Å². The summed E-state index contributed by atoms with van der Waals surface area (Å²) < 4.78 is 43.8. The molecule has 9 nitrogen and oxygen atoms in total. The number of hydrogen-bond acceptors (Lipinski definition) is 5. The zero-order chi connectivity index (χ0) is 48.9. The molecular formula is C59H72N4O5S+2. The molecule has 69 heavy (non-hydrogen) atoms. The van der Waals surface area contributed by atoms with E-state index in [0.29, 0.717) is 19.4 Å². The van der Waals surface area contributed by atoms with Crippen LogP contribution in [0.2, 0.25) is 0 Å². The van der Waals surface area contributed by atoms with Crippen molar-refractivity contribution in [2.45, 2.75) is 130 Å². The average Bonchev–Trinajstić information content (AvgIpc) is 3.91. The third-order valence-electron chi connectivity index (χ3n) is 14.6. The van der Waals surface area contributed by atoms with Crippen molar-refractivity contribution in [3.63, 3.8) is 0 Å². The predicted octanol–water partition coefficient (Wildman–Crippen LogP) is 13.2. The molecule has 3 aliphatic rings. The summed E-state index contributed by atoms with van der Waals surface area (Å²) in [6.07, 6.45) is 22.0. The molecule has 0 saturated carbocycles. The van der Waals surface area contributed by atoms with Crippen LogP contribution in [0.1, 0.15) is 122 Å². The second-order valence-corrected chi connectivity index (χ2v) is 21.8. The number of aromatic nitrogens is 1. The van der Waals surface area contributed by atoms with Gasteiger partial charge in [0.1, 0.15) is 19.7 Å². The first-order valence-corrected chi connectivity index (χ1v) is 26.9. The number of carbonyl (C=O) groups excluding carboxylic acids is 1. The number of fused-ring (bicyclic) bond motifs is 6. The number of amides is 1. The second-order valence-electron chi connectivity index (χ2n) is 20.2. The van der Waals surface area contributed by atoms with E-state index in [-0.39, 0.29) is 17.8 Å². The normalized spacial score (nSPS) is 17.6. The summed E-state index contributed by atoms with van der Waals surface area (Å²) in [5.41, 5.74) is 10.5. The number of likely N-dealkylation sites (N-methyl/N-ethyl adjacent to an activating group) is 1. The van der Waals surface area contributed by atoms with Gasteiger partial charge < -0.3 is 9.64 Å². The molecule has 1 aromatic heterocycles. The van der Waals surface area contributed by atoms with Crippen molar-refractivity contribution in [2.24, 2.45) is 0 Å². The van der Waals surface area contributed by atoms with Crippen LogP contribution in [-0.2, 0) is 38.8 Å². The van der Waals surface area contributed by atoms with E-state index in [2.05, 4.69) is 165 Å². The van der Waals surface area contributed by atoms with Crippen molar-refractivity contribution < 1.29 is 31.6 Å². The maximum Gasteiger partial charge on any atom is 0.414 e. The van der Waals surface area contributed by atoms with E-state index in [9.17, 15) is 17.8 Å². The monoisotopic (exact) mass is 949 g/mol. The van der Waals surface area contributed by atoms with E-state index in [1.165, 1.54) is 51.5 Å². The van der Waals surface area contributed by atoms with Crippen LogP contribution in [0.4, 0.5) is 16.2 Å². The molecule has 0 spiro atoms. The molecular weight excluding hydrogens is 877 g/mol. The minimum absolute atomic E-state index is 0.165. The highest BCUT2D eigenvalue weighted by Gasteiger charge is 2.46. The van der Waals surface area contributed by atoms with Crippen LogP contribution in [0.25, 0.3) is 21.5 Å². The van der Waals surface area contributed by atoms with Crippen LogP contribution in [0.3, 0.4) is 0 Å². The van der Waals surface area contributed by atoms with E-state index < -0.39 is 21.6 Å². The lowest BCUT2D eigenvalue weighted by Crippen LogP contribution is -2.32. The number of aryl methyl sites for hydroxylation is 1. The first-order chi connectivity index (χ1) is 33.1. The molecule has 1 amide bonds. The third kappa shape index (κ3) is 10.5. The molecule has 5 aromatic rings. The van der Waals surface area contributed by atoms with Crippen molar-refractivity contribution >= 4 is 54.8 Å². The maximum atomic E-state index is 14.3. The molecule has 362 valence electrons. The third-order valence-corrected chi connectivity index (χ3v) is 15.4. The molecule has 0 fully saturated rings. The smallest absolute Gasteiger partial charge is 0.414 e. The van der Waals surface area contributed by atoms with Crippen molar-refractivity contribution in [1.29, 1.82) is 0 Å². The molecule has 0 saturated heterocycles. The number of pyridine rings is 1. The second kappa shape index (κ2) is 21.0. The van der Waals surface area contributed by atoms with E-state index in [1.54, 1.807) is 4.90 Å². The number of anilines is 1. The standard InChI is InChI=1S/C59H71N4O5S/c1-8-10-16-36-61-39-34-43(35-40-61)42-68-57(64)60(7)56-46(28-32-52-58(3,4)54-48-22-14-12-20-44(48)26-30-50(54)62(52)37-17-11-9-2)24-25-47(56)29-33-53-59(5,6)55-49-23-15-13-21-45(49)27-31-51(55)63(53)38-18-19-41-69(65,66)67/h12-15,20-23,26-35,39-40H,8-11,16-19,24-25,36-38,41-42H2,1-7H3/q+1/p+1. The van der Waals surface area contributed by atoms with E-state index >= 15 is 0 Å². The summed E-state index contributed by atoms with van der Waals surface area (Å²) in [7, 11) is -2.24. The summed E-state index contributed by atoms with van der Waals surface area (Å²) in [5, 5.41) is 4.88. The highest BCUT2D eigenvalue weighted by molar-refractivity contribution is 7.85. The number of nitrogens with zero attached hydrogens (tertiary/aromatic N) is 4. The fourth-order valence-electron chi connectivity index (χ4n) is 11.1. The van der Waals surface area contributed by atoms with Gasteiger partial charge in [-0.1, -0.05) is 107 Å². The summed E-state index contributed by atoms with van der Waals surface area (Å²) in [5.74, 6) is -0.274. The summed E-state index contributed by atoms with van der Waals surface area (Å²) >= 11 is 0. The largest absolute Gasteiger partial charge is 0.444 e. The Bertz CT molecular complexity index is 2990. The number of carbonyl (C=O) groups is 1. The number of allylic oxidation sites excluding steroid dienone is 7. The van der Waals surface area contributed by atoms with Crippen molar-refractivity contribution in [3.8, 4) is 0 Å². The minimum atomic E-state index is -4.07. The van der Waals surface area contributed by atoms with Crippen molar-refractivity contribution in [2.75, 3.05) is 30.8 Å². The number of rotatable bonds is 19. The molecule has 3 heterocycles. The molecule has 4 aromatic carbocycles. The fraction of sp³-hybridized carbons (Fsp3) is 0.407. The predicted molar refractivity (Wildman–Crippen MR) is 282 cm³/mol. The summed E-state index contributed by atoms with van der Waals surface area (Å²) in [6.45, 7) is 16.3. The Kier molecular flexibility index (Phi) is 15.1. The highest BCUT2D eigenvalue weighted by atomic mass is 32.2. The Labute approximate surface area is 410 Å². The lowest BCUT2D eigenvalue weighted by Gasteiger charge is -2.27. The lowest BCUT2D eigenvalue weighted by molar-refractivity contribution is -0.697. The number of ether oxygens (including phenoxy) is 1. The van der Waals surface area contributed by atoms with E-state index in [1.807, 2.05) is 19.2 Å². The van der Waals surface area contributed by atoms with Gasteiger partial charge in [0.05, 0.1) is 16.9 Å². The van der Waals surface area contributed by atoms with Crippen LogP contribution in [0, 0.1) is 0 Å². The molecule has 10 heteroatoms. The van der Waals surface area contributed by atoms with Gasteiger partial charge >= 0.3 is 6.09 Å². The first kappa shape index (κ1) is 49.6. The molecule has 0 radical (unpaired) electrons. The fourth-order valence-corrected chi connectivity index (χ4v) is 11.6. The Morgan fingerprint density at radius 1 is 0.754 bits per heavy atom. The zero-order valence-electron chi connectivity index (χ0n) is 41.9. The number of benzene rings is 4.